The molecule has 0 aliphatic rings. The molecule has 0 saturated carbocycles. The fraction of sp³-hybridized carbons (Fsp3) is 0.0909. The van der Waals surface area contributed by atoms with E-state index in [1.165, 1.54) is 26.7 Å². The molecule has 6 N–H and O–H groups in total. The standard InChI is InChI=1S/C22H17N3O5.2ClH.Fe.2H2O/c1-28-19-12-7-8-30-20(12)21(29-2)18(27)16(19)17(26)11-9-15(23-10-11)22-24-13-5-3-4-6-14(13)25-22;;;;;/h3-10,23,27H,1-2H3,(H,24,25);2*1H;;2*1H2/q;;;+3;;/p-3. The number of fused-ring (bicyclic) bond motifs is 2. The van der Waals surface area contributed by atoms with Crippen LogP contribution in [0, 0.1) is 0 Å². The molecule has 0 aliphatic heterocycles. The molecular weight excluding hydrogens is 545 g/mol. The number of ether oxygens (including phenoxy) is 2. The Hall–Kier alpha value is -3.18. The van der Waals surface area contributed by atoms with Crippen LogP contribution in [0.1, 0.15) is 15.9 Å². The molecule has 0 atom stereocenters. The Morgan fingerprint density at radius 1 is 1.06 bits per heavy atom. The van der Waals surface area contributed by atoms with Crippen molar-refractivity contribution in [3.63, 3.8) is 0 Å². The second-order valence-electron chi connectivity index (χ2n) is 6.67. The van der Waals surface area contributed by atoms with Crippen molar-refractivity contribution in [1.29, 1.82) is 0 Å². The van der Waals surface area contributed by atoms with Gasteiger partial charge in [-0.1, -0.05) is 12.1 Å². The predicted octanol–water partition coefficient (Wildman–Crippen LogP) is -4.02. The number of hydrogen-bond acceptors (Lipinski definition) is 6. The Balaban J connectivity index is 0.00000231. The van der Waals surface area contributed by atoms with Crippen LogP contribution in [0.15, 0.2) is 53.3 Å². The first-order valence-electron chi connectivity index (χ1n) is 9.12. The van der Waals surface area contributed by atoms with Crippen molar-refractivity contribution in [2.75, 3.05) is 14.2 Å². The fourth-order valence-corrected chi connectivity index (χ4v) is 3.61. The molecule has 1 radical (unpaired) electrons. The number of aromatic nitrogens is 3. The van der Waals surface area contributed by atoms with Crippen LogP contribution >= 0.6 is 0 Å². The van der Waals surface area contributed by atoms with Gasteiger partial charge < -0.3 is 64.7 Å². The van der Waals surface area contributed by atoms with Crippen LogP contribution in [0.2, 0.25) is 0 Å². The molecule has 0 amide bonds. The van der Waals surface area contributed by atoms with Gasteiger partial charge in [0.1, 0.15) is 5.75 Å². The minimum atomic E-state index is -0.590. The number of hydrogen-bond donors (Lipinski definition) is 2. The first kappa shape index (κ1) is 31.8. The van der Waals surface area contributed by atoms with Crippen LogP contribution in [-0.4, -0.2) is 45.9 Å². The molecule has 10 nitrogen and oxygen atoms in total. The molecule has 13 heteroatoms. The predicted molar refractivity (Wildman–Crippen MR) is 115 cm³/mol. The molecule has 0 saturated heterocycles. The molecular formula is C22H20Cl2FeN3O7. The average Bonchev–Trinajstić information content (AvgIpc) is 3.50. The quantitative estimate of drug-likeness (QED) is 0.162. The van der Waals surface area contributed by atoms with Crippen molar-refractivity contribution in [3.05, 3.63) is 60.0 Å². The summed E-state index contributed by atoms with van der Waals surface area (Å²) < 4.78 is 16.0. The van der Waals surface area contributed by atoms with Crippen LogP contribution < -0.4 is 39.4 Å². The van der Waals surface area contributed by atoms with Crippen molar-refractivity contribution < 1.29 is 76.6 Å². The molecule has 187 valence electrons. The van der Waals surface area contributed by atoms with E-state index in [1.54, 1.807) is 12.1 Å². The van der Waals surface area contributed by atoms with Crippen LogP contribution in [0.25, 0.3) is 33.5 Å². The number of nitrogens with zero attached hydrogens (tertiary/aromatic N) is 1. The van der Waals surface area contributed by atoms with E-state index in [-0.39, 0.29) is 75.5 Å². The second-order valence-corrected chi connectivity index (χ2v) is 6.67. The van der Waals surface area contributed by atoms with Gasteiger partial charge >= 0.3 is 17.1 Å². The third kappa shape index (κ3) is 5.10. The molecule has 3 aromatic heterocycles. The average molecular weight is 565 g/mol. The normalized spacial score (nSPS) is 9.66. The number of halogens is 2. The van der Waals surface area contributed by atoms with Crippen molar-refractivity contribution >= 4 is 27.8 Å². The summed E-state index contributed by atoms with van der Waals surface area (Å²) in [4.78, 5) is 24.1. The van der Waals surface area contributed by atoms with E-state index in [2.05, 4.69) is 15.0 Å². The number of nitrogens with one attached hydrogen (secondary N) is 2. The summed E-state index contributed by atoms with van der Waals surface area (Å²) in [6.07, 6.45) is 2.95. The molecule has 3 heterocycles. The third-order valence-corrected chi connectivity index (χ3v) is 5.00. The minimum absolute atomic E-state index is 0. The van der Waals surface area contributed by atoms with Crippen molar-refractivity contribution in [1.82, 2.24) is 15.0 Å². The van der Waals surface area contributed by atoms with Crippen molar-refractivity contribution in [3.8, 4) is 28.8 Å². The Morgan fingerprint density at radius 2 is 1.74 bits per heavy atom. The molecule has 0 spiro atoms. The summed E-state index contributed by atoms with van der Waals surface area (Å²) >= 11 is 0. The number of H-pyrrole nitrogens is 2. The van der Waals surface area contributed by atoms with Gasteiger partial charge in [-0.15, -0.1) is 0 Å². The van der Waals surface area contributed by atoms with Crippen LogP contribution in [0.5, 0.6) is 17.2 Å². The van der Waals surface area contributed by atoms with Crippen LogP contribution in [0.3, 0.4) is 0 Å². The zero-order valence-electron chi connectivity index (χ0n) is 18.2. The Morgan fingerprint density at radius 3 is 2.40 bits per heavy atom. The summed E-state index contributed by atoms with van der Waals surface area (Å²) in [6, 6.07) is 10.9. The van der Waals surface area contributed by atoms with Crippen LogP contribution in [-0.2, 0) is 17.1 Å². The zero-order valence-corrected chi connectivity index (χ0v) is 20.8. The number of imidazole rings is 1. The summed E-state index contributed by atoms with van der Waals surface area (Å²) in [6.45, 7) is 0. The molecule has 2 aromatic carbocycles. The Labute approximate surface area is 221 Å². The number of methoxy groups -OCH3 is 2. The van der Waals surface area contributed by atoms with Gasteiger partial charge in [0.2, 0.25) is 0 Å². The molecule has 0 fully saturated rings. The van der Waals surface area contributed by atoms with Gasteiger partial charge in [0, 0.05) is 11.8 Å². The Kier molecular flexibility index (Phi) is 11.4. The minimum Gasteiger partial charge on any atom is -1.00 e. The first-order chi connectivity index (χ1) is 14.6. The maximum atomic E-state index is 13.3. The summed E-state index contributed by atoms with van der Waals surface area (Å²) in [5, 5.41) is 13.5. The molecule has 0 unspecified atom stereocenters. The van der Waals surface area contributed by atoms with E-state index in [4.69, 9.17) is 13.9 Å². The van der Waals surface area contributed by atoms with E-state index < -0.39 is 11.5 Å². The maximum absolute atomic E-state index is 13.3. The van der Waals surface area contributed by atoms with E-state index in [0.29, 0.717) is 22.5 Å². The van der Waals surface area contributed by atoms with Gasteiger partial charge in [0.05, 0.1) is 48.2 Å². The van der Waals surface area contributed by atoms with Crippen molar-refractivity contribution in [2.45, 2.75) is 0 Å². The zero-order chi connectivity index (χ0) is 20.8. The van der Waals surface area contributed by atoms with Gasteiger partial charge in [0.25, 0.3) is 0 Å². The molecule has 0 aliphatic carbocycles. The van der Waals surface area contributed by atoms with E-state index >= 15 is 0 Å². The summed E-state index contributed by atoms with van der Waals surface area (Å²) in [5.41, 5.74) is 2.75. The van der Waals surface area contributed by atoms with Gasteiger partial charge in [0.15, 0.2) is 22.9 Å². The first-order valence-corrected chi connectivity index (χ1v) is 9.12. The van der Waals surface area contributed by atoms with Gasteiger partial charge in [-0.3, -0.25) is 4.79 Å². The smallest absolute Gasteiger partial charge is 1.00 e. The van der Waals surface area contributed by atoms with Gasteiger partial charge in [-0.2, -0.15) is 0 Å². The number of benzene rings is 2. The fourth-order valence-electron chi connectivity index (χ4n) is 3.61. The number of rotatable bonds is 5. The molecule has 5 rings (SSSR count). The van der Waals surface area contributed by atoms with E-state index in [0.717, 1.165) is 11.0 Å². The number of ketones is 1. The summed E-state index contributed by atoms with van der Waals surface area (Å²) in [7, 11) is 2.76. The molecule has 5 aromatic rings. The maximum Gasteiger partial charge on any atom is 3.00 e. The molecule has 35 heavy (non-hydrogen) atoms. The van der Waals surface area contributed by atoms with E-state index in [1.807, 2.05) is 24.3 Å². The number of carbonyl (C=O) groups excluding carboxylic acids is 1. The number of furan rings is 1. The van der Waals surface area contributed by atoms with Crippen LogP contribution in [0.4, 0.5) is 0 Å². The summed E-state index contributed by atoms with van der Waals surface area (Å²) in [5.74, 6) is -0.370. The van der Waals surface area contributed by atoms with Gasteiger partial charge in [-0.25, -0.2) is 4.98 Å². The number of carbonyl (C=O) groups is 1. The Bertz CT molecular complexity index is 1400. The second kappa shape index (κ2) is 12.5. The number of aromatic amines is 2. The topological polar surface area (TPSA) is 179 Å². The van der Waals surface area contributed by atoms with Gasteiger partial charge in [-0.05, 0) is 30.0 Å². The largest absolute Gasteiger partial charge is 3.00 e. The number of para-hydroxylation sites is 2. The third-order valence-electron chi connectivity index (χ3n) is 5.00. The van der Waals surface area contributed by atoms with E-state index in [9.17, 15) is 9.90 Å². The SMILES string of the molecule is COc1c(C(=O)c2c[nH]c(-c3nc4ccccc4[nH]3)c2)c([O-])c(OC)c2occc12.O.O.[Cl-].[Cl-].[Fe+3]. The van der Waals surface area contributed by atoms with Crippen molar-refractivity contribution in [2.24, 2.45) is 0 Å². The monoisotopic (exact) mass is 564 g/mol. The molecule has 0 bridgehead atoms.